The van der Waals surface area contributed by atoms with Crippen molar-refractivity contribution in [2.45, 2.75) is 57.8 Å². The molecule has 2 aliphatic rings. The number of nitrogens with one attached hydrogen (secondary N) is 2. The van der Waals surface area contributed by atoms with Gasteiger partial charge in [0.25, 0.3) is 5.91 Å². The number of hydrogen-bond donors (Lipinski definition) is 2. The van der Waals surface area contributed by atoms with E-state index in [2.05, 4.69) is 22.8 Å². The molecule has 0 aliphatic carbocycles. The molecule has 3 aromatic rings. The molecule has 2 aliphatic heterocycles. The quantitative estimate of drug-likeness (QED) is 0.243. The zero-order chi connectivity index (χ0) is 27.0. The van der Waals surface area contributed by atoms with E-state index in [1.165, 1.54) is 16.9 Å². The number of ether oxygens (including phenoxy) is 2. The highest BCUT2D eigenvalue weighted by Crippen LogP contribution is 2.34. The number of nitrogens with zero attached hydrogens (tertiary/aromatic N) is 1. The number of para-hydroxylation sites is 1. The van der Waals surface area contributed by atoms with Crippen molar-refractivity contribution >= 4 is 29.1 Å². The van der Waals surface area contributed by atoms with Crippen molar-refractivity contribution in [2.75, 3.05) is 13.2 Å². The van der Waals surface area contributed by atoms with Gasteiger partial charge in [0, 0.05) is 35.3 Å². The van der Waals surface area contributed by atoms with Crippen molar-refractivity contribution < 1.29 is 23.9 Å². The maximum absolute atomic E-state index is 12.9. The molecule has 5 rings (SSSR count). The minimum atomic E-state index is -0.601. The topological polar surface area (TPSA) is 97.0 Å². The van der Waals surface area contributed by atoms with Crippen LogP contribution in [0.25, 0.3) is 0 Å². The van der Waals surface area contributed by atoms with E-state index < -0.39 is 11.9 Å². The number of thiophene rings is 1. The maximum atomic E-state index is 12.9. The molecule has 204 valence electrons. The van der Waals surface area contributed by atoms with Crippen molar-refractivity contribution in [3.63, 3.8) is 0 Å². The Morgan fingerprint density at radius 1 is 0.949 bits per heavy atom. The first-order valence-electron chi connectivity index (χ1n) is 13.4. The van der Waals surface area contributed by atoms with Crippen molar-refractivity contribution in [3.8, 4) is 11.5 Å². The van der Waals surface area contributed by atoms with Crippen LogP contribution in [0.3, 0.4) is 0 Å². The summed E-state index contributed by atoms with van der Waals surface area (Å²) in [5.74, 6) is 0.863. The van der Waals surface area contributed by atoms with Gasteiger partial charge in [-0.15, -0.1) is 11.3 Å². The Bertz CT molecular complexity index is 1290. The first kappa shape index (κ1) is 26.9. The number of unbranched alkanes of at least 4 members (excludes halogenated alkanes) is 2. The highest BCUT2D eigenvalue weighted by molar-refractivity contribution is 7.10. The van der Waals surface area contributed by atoms with Gasteiger partial charge < -0.3 is 19.7 Å². The summed E-state index contributed by atoms with van der Waals surface area (Å²) in [4.78, 5) is 39.2. The summed E-state index contributed by atoms with van der Waals surface area (Å²) in [6.07, 6.45) is 3.88. The predicted molar refractivity (Wildman–Crippen MR) is 149 cm³/mol. The van der Waals surface area contributed by atoms with Crippen LogP contribution >= 0.6 is 11.3 Å². The third-order valence-corrected chi connectivity index (χ3v) is 8.02. The number of fused-ring (bicyclic) bond motifs is 1. The lowest BCUT2D eigenvalue weighted by Gasteiger charge is -2.29. The predicted octanol–water partition coefficient (Wildman–Crippen LogP) is 4.43. The zero-order valence-electron chi connectivity index (χ0n) is 21.8. The fraction of sp³-hybridized carbons (Fsp3) is 0.367. The first-order chi connectivity index (χ1) is 19.1. The molecule has 3 heterocycles. The van der Waals surface area contributed by atoms with Crippen LogP contribution in [0.5, 0.6) is 11.5 Å². The molecule has 1 fully saturated rings. The number of benzene rings is 2. The van der Waals surface area contributed by atoms with E-state index in [1.54, 1.807) is 4.90 Å². The largest absolute Gasteiger partial charge is 0.494 e. The lowest BCUT2D eigenvalue weighted by Crippen LogP contribution is -2.52. The fourth-order valence-corrected chi connectivity index (χ4v) is 5.79. The second-order valence-electron chi connectivity index (χ2n) is 9.78. The molecule has 0 radical (unpaired) electrons. The fourth-order valence-electron chi connectivity index (χ4n) is 4.85. The Kier molecular flexibility index (Phi) is 8.90. The summed E-state index contributed by atoms with van der Waals surface area (Å²) in [5, 5.41) is 7.67. The van der Waals surface area contributed by atoms with Gasteiger partial charge >= 0.3 is 0 Å². The molecule has 0 saturated carbocycles. The van der Waals surface area contributed by atoms with Crippen molar-refractivity contribution in [2.24, 2.45) is 0 Å². The molecule has 1 unspecified atom stereocenters. The number of amides is 3. The third kappa shape index (κ3) is 6.85. The van der Waals surface area contributed by atoms with Crippen LogP contribution in [-0.2, 0) is 29.3 Å². The van der Waals surface area contributed by atoms with E-state index in [1.807, 2.05) is 47.8 Å². The average molecular weight is 548 g/mol. The summed E-state index contributed by atoms with van der Waals surface area (Å²) < 4.78 is 11.7. The van der Waals surface area contributed by atoms with Gasteiger partial charge in [-0.2, -0.15) is 0 Å². The van der Waals surface area contributed by atoms with Crippen LogP contribution in [0.4, 0.5) is 0 Å². The van der Waals surface area contributed by atoms with Crippen LogP contribution in [0.1, 0.15) is 58.5 Å². The minimum Gasteiger partial charge on any atom is -0.494 e. The van der Waals surface area contributed by atoms with Crippen molar-refractivity contribution in [1.29, 1.82) is 0 Å². The first-order valence-corrected chi connectivity index (χ1v) is 14.3. The molecule has 1 atom stereocenters. The van der Waals surface area contributed by atoms with E-state index in [9.17, 15) is 14.4 Å². The average Bonchev–Trinajstić information content (AvgIpc) is 3.50. The van der Waals surface area contributed by atoms with Crippen LogP contribution < -0.4 is 20.1 Å². The smallest absolute Gasteiger partial charge is 0.256 e. The van der Waals surface area contributed by atoms with E-state index in [0.29, 0.717) is 25.1 Å². The molecule has 9 heteroatoms. The van der Waals surface area contributed by atoms with Crippen LogP contribution in [-0.4, -0.2) is 41.8 Å². The van der Waals surface area contributed by atoms with Gasteiger partial charge in [0.05, 0.1) is 12.2 Å². The van der Waals surface area contributed by atoms with Gasteiger partial charge in [0.2, 0.25) is 11.8 Å². The lowest BCUT2D eigenvalue weighted by atomic mass is 10.0. The summed E-state index contributed by atoms with van der Waals surface area (Å²) in [6, 6.07) is 17.4. The summed E-state index contributed by atoms with van der Waals surface area (Å²) in [7, 11) is 0. The number of piperidine rings is 1. The maximum Gasteiger partial charge on any atom is 0.256 e. The Morgan fingerprint density at radius 3 is 2.54 bits per heavy atom. The SMILES string of the molecule is O=C1CCC(N2Cc3c(csc3COc3ccc(CNCCCCCOc4ccccc4)cc3)C2=O)C(=O)N1. The number of hydrogen-bond acceptors (Lipinski definition) is 7. The molecule has 2 aromatic carbocycles. The molecule has 8 nitrogen and oxygen atoms in total. The second-order valence-corrected chi connectivity index (χ2v) is 10.7. The third-order valence-electron chi connectivity index (χ3n) is 7.02. The second kappa shape index (κ2) is 12.9. The lowest BCUT2D eigenvalue weighted by molar-refractivity contribution is -0.136. The van der Waals surface area contributed by atoms with E-state index in [-0.39, 0.29) is 18.2 Å². The summed E-state index contributed by atoms with van der Waals surface area (Å²) >= 11 is 1.50. The molecule has 39 heavy (non-hydrogen) atoms. The molecular weight excluding hydrogens is 514 g/mol. The van der Waals surface area contributed by atoms with Gasteiger partial charge in [-0.05, 0) is 62.1 Å². The van der Waals surface area contributed by atoms with Gasteiger partial charge in [-0.1, -0.05) is 30.3 Å². The van der Waals surface area contributed by atoms with E-state index in [4.69, 9.17) is 9.47 Å². The van der Waals surface area contributed by atoms with Gasteiger partial charge in [-0.3, -0.25) is 19.7 Å². The molecule has 1 aromatic heterocycles. The van der Waals surface area contributed by atoms with Gasteiger partial charge in [0.1, 0.15) is 24.1 Å². The van der Waals surface area contributed by atoms with Crippen LogP contribution in [0.15, 0.2) is 60.0 Å². The normalized spacial score (nSPS) is 16.8. The van der Waals surface area contributed by atoms with Crippen LogP contribution in [0, 0.1) is 0 Å². The van der Waals surface area contributed by atoms with Crippen LogP contribution in [0.2, 0.25) is 0 Å². The zero-order valence-corrected chi connectivity index (χ0v) is 22.6. The molecule has 0 spiro atoms. The molecular formula is C30H33N3O5S. The molecule has 3 amide bonds. The Morgan fingerprint density at radius 2 is 1.74 bits per heavy atom. The summed E-state index contributed by atoms with van der Waals surface area (Å²) in [6.45, 7) is 3.24. The Hall–Kier alpha value is -3.69. The number of imide groups is 1. The summed E-state index contributed by atoms with van der Waals surface area (Å²) in [5.41, 5.74) is 2.74. The monoisotopic (exact) mass is 547 g/mol. The van der Waals surface area contributed by atoms with Gasteiger partial charge in [0.15, 0.2) is 0 Å². The highest BCUT2D eigenvalue weighted by atomic mass is 32.1. The van der Waals surface area contributed by atoms with E-state index >= 15 is 0 Å². The Balaban J connectivity index is 1.01. The number of rotatable bonds is 13. The molecule has 2 N–H and O–H groups in total. The van der Waals surface area contributed by atoms with Crippen molar-refractivity contribution in [1.82, 2.24) is 15.5 Å². The Labute approximate surface area is 232 Å². The number of carbonyl (C=O) groups excluding carboxylic acids is 3. The van der Waals surface area contributed by atoms with E-state index in [0.717, 1.165) is 60.9 Å². The minimum absolute atomic E-state index is 0.153. The van der Waals surface area contributed by atoms with Crippen molar-refractivity contribution in [3.05, 3.63) is 81.5 Å². The highest BCUT2D eigenvalue weighted by Gasteiger charge is 2.40. The standard InChI is InChI=1S/C30H33N3O5S/c34-28-14-13-26(29(35)32-28)33-18-24-25(30(33)36)20-39-27(24)19-38-23-11-9-21(10-12-23)17-31-15-5-2-6-16-37-22-7-3-1-4-8-22/h1,3-4,7-12,20,26,31H,2,5-6,13-19H2,(H,32,34,35). The molecule has 1 saturated heterocycles. The van der Waals surface area contributed by atoms with Gasteiger partial charge in [-0.25, -0.2) is 0 Å². The number of carbonyl (C=O) groups is 3. The molecule has 0 bridgehead atoms.